The van der Waals surface area contributed by atoms with Crippen molar-refractivity contribution in [3.63, 3.8) is 0 Å². The van der Waals surface area contributed by atoms with Gasteiger partial charge in [-0.15, -0.1) is 0 Å². The first kappa shape index (κ1) is 19.7. The Hall–Kier alpha value is -3.63. The molecule has 1 saturated heterocycles. The predicted octanol–water partition coefficient (Wildman–Crippen LogP) is 2.27. The van der Waals surface area contributed by atoms with E-state index >= 15 is 0 Å². The largest absolute Gasteiger partial charge is 0.507 e. The lowest BCUT2D eigenvalue weighted by Gasteiger charge is -2.32. The number of amides is 1. The Morgan fingerprint density at radius 3 is 2.67 bits per heavy atom. The zero-order valence-electron chi connectivity index (χ0n) is 16.7. The maximum absolute atomic E-state index is 12.9. The van der Waals surface area contributed by atoms with Crippen LogP contribution in [0.25, 0.3) is 22.1 Å². The number of benzene rings is 1. The van der Waals surface area contributed by atoms with Crippen LogP contribution in [-0.2, 0) is 0 Å². The van der Waals surface area contributed by atoms with Gasteiger partial charge >= 0.3 is 5.63 Å². The molecule has 0 unspecified atom stereocenters. The number of fused-ring (bicyclic) bond motifs is 1. The summed E-state index contributed by atoms with van der Waals surface area (Å²) >= 11 is 0. The number of piperazine rings is 1. The molecule has 30 heavy (non-hydrogen) atoms. The molecule has 1 fully saturated rings. The highest BCUT2D eigenvalue weighted by Crippen LogP contribution is 2.31. The Labute approximate surface area is 173 Å². The van der Waals surface area contributed by atoms with Gasteiger partial charge in [-0.3, -0.25) is 9.59 Å². The average molecular weight is 404 g/mol. The third-order valence-electron chi connectivity index (χ3n) is 5.51. The maximum Gasteiger partial charge on any atom is 0.344 e. The molecule has 152 valence electrons. The Balaban J connectivity index is 1.79. The molecule has 0 radical (unpaired) electrons. The first-order valence-corrected chi connectivity index (χ1v) is 9.57. The van der Waals surface area contributed by atoms with E-state index in [1.165, 1.54) is 6.07 Å². The zero-order chi connectivity index (χ0) is 21.4. The zero-order valence-corrected chi connectivity index (χ0v) is 16.7. The van der Waals surface area contributed by atoms with Crippen LogP contribution in [0.4, 0.5) is 0 Å². The maximum atomic E-state index is 12.9. The minimum atomic E-state index is -0.661. The first-order valence-electron chi connectivity index (χ1n) is 9.57. The summed E-state index contributed by atoms with van der Waals surface area (Å²) in [5.74, 6) is -0.410. The second kappa shape index (κ2) is 7.65. The van der Waals surface area contributed by atoms with Gasteiger partial charge in [-0.25, -0.2) is 4.79 Å². The van der Waals surface area contributed by atoms with Crippen LogP contribution >= 0.6 is 0 Å². The highest BCUT2D eigenvalue weighted by Gasteiger charge is 2.22. The van der Waals surface area contributed by atoms with Crippen molar-refractivity contribution in [3.8, 4) is 16.9 Å². The molecule has 0 bridgehead atoms. The molecule has 7 nitrogen and oxygen atoms in total. The molecule has 4 rings (SSSR count). The number of nitrogens with zero attached hydrogens (tertiary/aromatic N) is 2. The lowest BCUT2D eigenvalue weighted by molar-refractivity contribution is 0.0664. The number of carbonyl (C=O) groups is 2. The number of rotatable bonds is 3. The lowest BCUT2D eigenvalue weighted by Crippen LogP contribution is -2.47. The number of aryl methyl sites for hydroxylation is 1. The van der Waals surface area contributed by atoms with Crippen LogP contribution in [0, 0.1) is 19.1 Å². The van der Waals surface area contributed by atoms with Crippen LogP contribution in [0.1, 0.15) is 26.3 Å². The van der Waals surface area contributed by atoms with Crippen molar-refractivity contribution >= 4 is 23.2 Å². The smallest absolute Gasteiger partial charge is 0.344 e. The standard InChI is InChI=1S/C23H20N2O5/c1-14-17-6-7-19(27)18(13-26)21(17)30-23(29)20(14)15-4-3-5-16(12-15)22(28)25-10-8-24(2)9-11-25/h4,6-7,12-13,27H,8-11H2,1-2H3. The molecule has 3 aromatic rings. The number of phenolic OH excluding ortho intramolecular Hbond substituents is 1. The fourth-order valence-electron chi connectivity index (χ4n) is 3.74. The van der Waals surface area contributed by atoms with Crippen molar-refractivity contribution in [3.05, 3.63) is 63.5 Å². The van der Waals surface area contributed by atoms with E-state index in [1.54, 1.807) is 30.0 Å². The molecule has 0 saturated carbocycles. The van der Waals surface area contributed by atoms with Gasteiger partial charge in [-0.1, -0.05) is 12.1 Å². The molecule has 1 N–H and O–H groups in total. The number of hydrogen-bond donors (Lipinski definition) is 1. The quantitative estimate of drug-likeness (QED) is 0.532. The van der Waals surface area contributed by atoms with Gasteiger partial charge in [-0.05, 0) is 49.4 Å². The van der Waals surface area contributed by atoms with Gasteiger partial charge in [0.05, 0.1) is 16.7 Å². The van der Waals surface area contributed by atoms with Crippen molar-refractivity contribution < 1.29 is 19.1 Å². The fourth-order valence-corrected chi connectivity index (χ4v) is 3.74. The second-order valence-corrected chi connectivity index (χ2v) is 7.40. The Morgan fingerprint density at radius 2 is 1.97 bits per heavy atom. The Kier molecular flexibility index (Phi) is 5.02. The van der Waals surface area contributed by atoms with E-state index < -0.39 is 5.63 Å². The van der Waals surface area contributed by atoms with Gasteiger partial charge < -0.3 is 19.3 Å². The number of aromatic hydroxyl groups is 1. The first-order chi connectivity index (χ1) is 14.4. The molecule has 1 aliphatic heterocycles. The van der Waals surface area contributed by atoms with Gasteiger partial charge in [0, 0.05) is 31.6 Å². The van der Waals surface area contributed by atoms with E-state index in [4.69, 9.17) is 4.42 Å². The monoisotopic (exact) mass is 404 g/mol. The molecule has 0 spiro atoms. The number of hydrogen-bond acceptors (Lipinski definition) is 6. The van der Waals surface area contributed by atoms with Crippen LogP contribution in [0.15, 0.2) is 33.5 Å². The van der Waals surface area contributed by atoms with E-state index in [-0.39, 0.29) is 28.4 Å². The molecule has 1 amide bonds. The molecule has 2 aromatic carbocycles. The SMILES string of the molecule is Cc1c(-c2cc#cc(C(=O)N3CCN(C)CC3)c2)c(=O)oc2c(C=O)c(O)ccc12. The van der Waals surface area contributed by atoms with E-state index in [9.17, 15) is 19.5 Å². The van der Waals surface area contributed by atoms with E-state index in [1.807, 2.05) is 7.05 Å². The third kappa shape index (κ3) is 3.31. The topological polar surface area (TPSA) is 91.1 Å². The number of carbonyl (C=O) groups excluding carboxylic acids is 2. The van der Waals surface area contributed by atoms with Gasteiger partial charge in [0.1, 0.15) is 5.75 Å². The Bertz CT molecular complexity index is 1210. The lowest BCUT2D eigenvalue weighted by atomic mass is 9.97. The number of phenols is 1. The summed E-state index contributed by atoms with van der Waals surface area (Å²) in [6, 6.07) is 11.8. The second-order valence-electron chi connectivity index (χ2n) is 7.40. The minimum Gasteiger partial charge on any atom is -0.507 e. The van der Waals surface area contributed by atoms with Gasteiger partial charge in [0.25, 0.3) is 5.91 Å². The van der Waals surface area contributed by atoms with E-state index in [0.717, 1.165) is 13.1 Å². The van der Waals surface area contributed by atoms with Gasteiger partial charge in [-0.2, -0.15) is 0 Å². The van der Waals surface area contributed by atoms with E-state index in [0.29, 0.717) is 41.5 Å². The van der Waals surface area contributed by atoms with Crippen LogP contribution in [-0.4, -0.2) is 60.3 Å². The summed E-state index contributed by atoms with van der Waals surface area (Å²) < 4.78 is 5.39. The van der Waals surface area contributed by atoms with Crippen molar-refractivity contribution in [1.82, 2.24) is 9.80 Å². The summed E-state index contributed by atoms with van der Waals surface area (Å²) in [5, 5.41) is 10.4. The summed E-state index contributed by atoms with van der Waals surface area (Å²) in [7, 11) is 2.01. The summed E-state index contributed by atoms with van der Waals surface area (Å²) in [6.07, 6.45) is 0.456. The van der Waals surface area contributed by atoms with Crippen LogP contribution in [0.5, 0.6) is 5.75 Å². The van der Waals surface area contributed by atoms with E-state index in [2.05, 4.69) is 17.0 Å². The van der Waals surface area contributed by atoms with Gasteiger partial charge in [0.15, 0.2) is 11.9 Å². The highest BCUT2D eigenvalue weighted by atomic mass is 16.4. The minimum absolute atomic E-state index is 0.0384. The fraction of sp³-hybridized carbons (Fsp3) is 0.261. The summed E-state index contributed by atoms with van der Waals surface area (Å²) in [5.41, 5.74) is 0.987. The highest BCUT2D eigenvalue weighted by molar-refractivity contribution is 6.00. The predicted molar refractivity (Wildman–Crippen MR) is 111 cm³/mol. The van der Waals surface area contributed by atoms with Crippen LogP contribution in [0.3, 0.4) is 0 Å². The summed E-state index contributed by atoms with van der Waals surface area (Å²) in [6.45, 7) is 4.59. The average Bonchev–Trinajstić information content (AvgIpc) is 2.74. The van der Waals surface area contributed by atoms with Crippen molar-refractivity contribution in [2.75, 3.05) is 33.2 Å². The summed E-state index contributed by atoms with van der Waals surface area (Å²) in [4.78, 5) is 40.9. The van der Waals surface area contributed by atoms with Crippen LogP contribution < -0.4 is 5.63 Å². The Morgan fingerprint density at radius 1 is 1.23 bits per heavy atom. The molecule has 1 aromatic heterocycles. The molecular formula is C23H20N2O5. The van der Waals surface area contributed by atoms with Crippen molar-refractivity contribution in [2.24, 2.45) is 0 Å². The number of likely N-dealkylation sites (N-methyl/N-ethyl adjacent to an activating group) is 1. The molecule has 0 aliphatic carbocycles. The van der Waals surface area contributed by atoms with Gasteiger partial charge in [0.2, 0.25) is 0 Å². The van der Waals surface area contributed by atoms with Crippen molar-refractivity contribution in [1.29, 1.82) is 0 Å². The van der Waals surface area contributed by atoms with Crippen molar-refractivity contribution in [2.45, 2.75) is 6.92 Å². The molecule has 1 aliphatic rings. The molecule has 0 atom stereocenters. The number of aldehydes is 1. The normalized spacial score (nSPS) is 14.5. The molecular weight excluding hydrogens is 384 g/mol. The molecule has 7 heteroatoms. The third-order valence-corrected chi connectivity index (χ3v) is 5.51. The van der Waals surface area contributed by atoms with Crippen LogP contribution in [0.2, 0.25) is 0 Å². The molecule has 2 heterocycles.